The van der Waals surface area contributed by atoms with Gasteiger partial charge >= 0.3 is 0 Å². The van der Waals surface area contributed by atoms with Gasteiger partial charge in [0.15, 0.2) is 0 Å². The molecular weight excluding hydrogens is 250 g/mol. The number of carbonyl (C=O) groups excluding carboxylic acids is 1. The number of nitrogens with two attached hydrogens (primary N) is 1. The fourth-order valence-electron chi connectivity index (χ4n) is 4.24. The molecule has 0 aromatic rings. The van der Waals surface area contributed by atoms with Gasteiger partial charge in [0.1, 0.15) is 0 Å². The topological polar surface area (TPSA) is 49.6 Å². The minimum absolute atomic E-state index is 0.395. The van der Waals surface area contributed by atoms with Crippen molar-refractivity contribution in [1.29, 1.82) is 0 Å². The third-order valence-corrected chi connectivity index (χ3v) is 5.60. The van der Waals surface area contributed by atoms with E-state index in [1.807, 2.05) is 0 Å². The summed E-state index contributed by atoms with van der Waals surface area (Å²) < 4.78 is 0. The number of hydrogen-bond donors (Lipinski definition) is 1. The molecule has 3 atom stereocenters. The number of hydrogen-bond acceptors (Lipinski definition) is 3. The van der Waals surface area contributed by atoms with E-state index in [1.54, 1.807) is 0 Å². The predicted octanol–water partition coefficient (Wildman–Crippen LogP) is 1.16. The zero-order valence-electron chi connectivity index (χ0n) is 12.8. The Kier molecular flexibility index (Phi) is 4.32. The molecule has 1 heterocycles. The number of amides is 1. The molecule has 0 aromatic carbocycles. The molecule has 1 amide bonds. The van der Waals surface area contributed by atoms with E-state index >= 15 is 0 Å². The monoisotopic (exact) mass is 279 g/mol. The first kappa shape index (κ1) is 14.3. The Labute approximate surface area is 122 Å². The summed E-state index contributed by atoms with van der Waals surface area (Å²) in [5.41, 5.74) is 5.69. The van der Waals surface area contributed by atoms with Crippen molar-refractivity contribution < 1.29 is 4.79 Å². The highest BCUT2D eigenvalue weighted by atomic mass is 16.2. The zero-order valence-corrected chi connectivity index (χ0v) is 12.8. The number of piperazine rings is 1. The largest absolute Gasteiger partial charge is 0.340 e. The van der Waals surface area contributed by atoms with Crippen molar-refractivity contribution in [2.75, 3.05) is 39.3 Å². The molecular formula is C16H29N3O. The van der Waals surface area contributed by atoms with Crippen LogP contribution in [0.1, 0.15) is 32.6 Å². The molecule has 2 N–H and O–H groups in total. The molecule has 3 rings (SSSR count). The summed E-state index contributed by atoms with van der Waals surface area (Å²) in [6, 6.07) is 0. The molecule has 2 saturated carbocycles. The molecule has 1 saturated heterocycles. The van der Waals surface area contributed by atoms with Gasteiger partial charge in [-0.15, -0.1) is 0 Å². The molecule has 4 nitrogen and oxygen atoms in total. The first-order valence-electron chi connectivity index (χ1n) is 8.42. The van der Waals surface area contributed by atoms with Gasteiger partial charge in [-0.2, -0.15) is 0 Å². The van der Waals surface area contributed by atoms with E-state index in [4.69, 9.17) is 5.73 Å². The summed E-state index contributed by atoms with van der Waals surface area (Å²) in [5, 5.41) is 0. The smallest absolute Gasteiger partial charge is 0.226 e. The number of nitrogens with zero attached hydrogens (tertiary/aromatic N) is 2. The molecule has 3 unspecified atom stereocenters. The lowest BCUT2D eigenvalue weighted by Crippen LogP contribution is -2.50. The second-order valence-electron chi connectivity index (χ2n) is 7.10. The van der Waals surface area contributed by atoms with Gasteiger partial charge in [0.25, 0.3) is 0 Å². The summed E-state index contributed by atoms with van der Waals surface area (Å²) in [6.07, 6.45) is 5.29. The number of fused-ring (bicyclic) bond motifs is 1. The van der Waals surface area contributed by atoms with Crippen LogP contribution in [0, 0.1) is 23.7 Å². The van der Waals surface area contributed by atoms with Crippen LogP contribution in [-0.4, -0.2) is 55.0 Å². The summed E-state index contributed by atoms with van der Waals surface area (Å²) in [5.74, 6) is 2.90. The summed E-state index contributed by atoms with van der Waals surface area (Å²) in [6.45, 7) is 7.93. The maximum absolute atomic E-state index is 12.6. The second kappa shape index (κ2) is 6.02. The van der Waals surface area contributed by atoms with Gasteiger partial charge in [-0.3, -0.25) is 9.69 Å². The van der Waals surface area contributed by atoms with Crippen LogP contribution in [0.5, 0.6) is 0 Å². The van der Waals surface area contributed by atoms with Crippen LogP contribution in [0.4, 0.5) is 0 Å². The molecule has 0 spiro atoms. The lowest BCUT2D eigenvalue weighted by atomic mass is 10.0. The summed E-state index contributed by atoms with van der Waals surface area (Å²) in [4.78, 5) is 17.2. The van der Waals surface area contributed by atoms with Gasteiger partial charge in [0.05, 0.1) is 0 Å². The Hall–Kier alpha value is -0.610. The molecule has 0 aromatic heterocycles. The Bertz CT molecular complexity index is 340. The number of carbonyl (C=O) groups is 1. The Morgan fingerprint density at radius 3 is 2.30 bits per heavy atom. The van der Waals surface area contributed by atoms with Crippen LogP contribution < -0.4 is 5.73 Å². The van der Waals surface area contributed by atoms with Gasteiger partial charge in [0.2, 0.25) is 5.91 Å². The minimum atomic E-state index is 0.395. The first-order chi connectivity index (χ1) is 9.70. The van der Waals surface area contributed by atoms with Crippen molar-refractivity contribution in [3.63, 3.8) is 0 Å². The zero-order chi connectivity index (χ0) is 14.1. The van der Waals surface area contributed by atoms with Crippen molar-refractivity contribution in [2.24, 2.45) is 29.4 Å². The lowest BCUT2D eigenvalue weighted by Gasteiger charge is -2.36. The van der Waals surface area contributed by atoms with E-state index in [0.29, 0.717) is 17.7 Å². The maximum Gasteiger partial charge on any atom is 0.226 e. The van der Waals surface area contributed by atoms with E-state index in [2.05, 4.69) is 16.7 Å². The van der Waals surface area contributed by atoms with Crippen LogP contribution in [0.2, 0.25) is 0 Å². The third kappa shape index (κ3) is 2.86. The Morgan fingerprint density at radius 1 is 1.15 bits per heavy atom. The fraction of sp³-hybridized carbons (Fsp3) is 0.938. The molecule has 0 bridgehead atoms. The van der Waals surface area contributed by atoms with E-state index in [-0.39, 0.29) is 0 Å². The highest BCUT2D eigenvalue weighted by Crippen LogP contribution is 2.56. The first-order valence-corrected chi connectivity index (χ1v) is 8.42. The quantitative estimate of drug-likeness (QED) is 0.840. The van der Waals surface area contributed by atoms with Crippen LogP contribution in [0.25, 0.3) is 0 Å². The third-order valence-electron chi connectivity index (χ3n) is 5.60. The van der Waals surface area contributed by atoms with Crippen molar-refractivity contribution in [1.82, 2.24) is 9.80 Å². The van der Waals surface area contributed by atoms with Crippen LogP contribution in [0.15, 0.2) is 0 Å². The van der Waals surface area contributed by atoms with E-state index in [9.17, 15) is 4.79 Å². The van der Waals surface area contributed by atoms with E-state index in [0.717, 1.165) is 51.1 Å². The molecule has 20 heavy (non-hydrogen) atoms. The summed E-state index contributed by atoms with van der Waals surface area (Å²) in [7, 11) is 0. The normalized spacial score (nSPS) is 35.5. The summed E-state index contributed by atoms with van der Waals surface area (Å²) >= 11 is 0. The van der Waals surface area contributed by atoms with Crippen molar-refractivity contribution in [3.05, 3.63) is 0 Å². The average molecular weight is 279 g/mol. The second-order valence-corrected chi connectivity index (χ2v) is 7.10. The molecule has 114 valence electrons. The van der Waals surface area contributed by atoms with Crippen molar-refractivity contribution in [2.45, 2.75) is 32.6 Å². The molecule has 3 aliphatic rings. The average Bonchev–Trinajstić information content (AvgIpc) is 3.21. The standard InChI is InChI=1S/C16H29N3O/c1-12(10-17)11-18-6-8-19(9-7-18)16(20)15-13-4-2-3-5-14(13)15/h12-15H,2-11,17H2,1H3. The fourth-order valence-corrected chi connectivity index (χ4v) is 4.24. The van der Waals surface area contributed by atoms with Gasteiger partial charge < -0.3 is 10.6 Å². The Balaban J connectivity index is 1.45. The van der Waals surface area contributed by atoms with Crippen LogP contribution >= 0.6 is 0 Å². The molecule has 4 heteroatoms. The molecule has 2 aliphatic carbocycles. The Morgan fingerprint density at radius 2 is 1.75 bits per heavy atom. The highest BCUT2D eigenvalue weighted by molar-refractivity contribution is 5.82. The van der Waals surface area contributed by atoms with Crippen LogP contribution in [-0.2, 0) is 4.79 Å². The minimum Gasteiger partial charge on any atom is -0.340 e. The van der Waals surface area contributed by atoms with Gasteiger partial charge in [-0.25, -0.2) is 0 Å². The SMILES string of the molecule is CC(CN)CN1CCN(C(=O)C2C3CCCCC32)CC1. The van der Waals surface area contributed by atoms with E-state index < -0.39 is 0 Å². The number of rotatable bonds is 4. The lowest BCUT2D eigenvalue weighted by molar-refractivity contribution is -0.135. The maximum atomic E-state index is 12.6. The molecule has 1 aliphatic heterocycles. The van der Waals surface area contributed by atoms with Gasteiger partial charge in [0, 0.05) is 38.6 Å². The van der Waals surface area contributed by atoms with Crippen molar-refractivity contribution >= 4 is 5.91 Å². The van der Waals surface area contributed by atoms with Crippen molar-refractivity contribution in [3.8, 4) is 0 Å². The van der Waals surface area contributed by atoms with Gasteiger partial charge in [-0.05, 0) is 37.1 Å². The van der Waals surface area contributed by atoms with Crippen LogP contribution in [0.3, 0.4) is 0 Å². The molecule has 0 radical (unpaired) electrons. The highest BCUT2D eigenvalue weighted by Gasteiger charge is 2.55. The van der Waals surface area contributed by atoms with Gasteiger partial charge in [-0.1, -0.05) is 19.8 Å². The molecule has 3 fully saturated rings. The predicted molar refractivity (Wildman–Crippen MR) is 80.2 cm³/mol. The van der Waals surface area contributed by atoms with E-state index in [1.165, 1.54) is 25.7 Å².